The first-order valence-electron chi connectivity index (χ1n) is 4.11. The minimum absolute atomic E-state index is 0.144. The fourth-order valence-electron chi connectivity index (χ4n) is 0.599. The molecule has 0 amide bonds. The van der Waals surface area contributed by atoms with Gasteiger partial charge in [0, 0.05) is 13.7 Å². The third-order valence-electron chi connectivity index (χ3n) is 1.45. The van der Waals surface area contributed by atoms with Gasteiger partial charge < -0.3 is 9.47 Å². The van der Waals surface area contributed by atoms with Gasteiger partial charge >= 0.3 is 0 Å². The summed E-state index contributed by atoms with van der Waals surface area (Å²) in [7, 11) is 1.71. The molecule has 0 saturated carbocycles. The Kier molecular flexibility index (Phi) is 4.69. The summed E-state index contributed by atoms with van der Waals surface area (Å²) < 4.78 is 10.6. The van der Waals surface area contributed by atoms with Gasteiger partial charge in [-0.3, -0.25) is 0 Å². The van der Waals surface area contributed by atoms with Gasteiger partial charge in [0.15, 0.2) is 0 Å². The normalized spacial score (nSPS) is 12.5. The van der Waals surface area contributed by atoms with Crippen molar-refractivity contribution in [2.75, 3.05) is 20.3 Å². The van der Waals surface area contributed by atoms with Crippen LogP contribution in [0.15, 0.2) is 0 Å². The number of methoxy groups -OCH3 is 1. The standard InChI is InChI=1S/C9H20O2/c1-8(2)6-11-7-9(3,4)10-5/h8H,6-7H2,1-5H3. The average Bonchev–Trinajstić information content (AvgIpc) is 1.87. The Bertz CT molecular complexity index is 97.7. The van der Waals surface area contributed by atoms with Crippen molar-refractivity contribution in [1.29, 1.82) is 0 Å². The molecule has 0 radical (unpaired) electrons. The second kappa shape index (κ2) is 4.73. The second-order valence-electron chi connectivity index (χ2n) is 3.87. The first-order valence-corrected chi connectivity index (χ1v) is 4.11. The number of ether oxygens (including phenoxy) is 2. The Labute approximate surface area is 69.9 Å². The molecular formula is C9H20O2. The zero-order chi connectivity index (χ0) is 8.91. The highest BCUT2D eigenvalue weighted by atomic mass is 16.5. The van der Waals surface area contributed by atoms with E-state index in [1.165, 1.54) is 0 Å². The quantitative estimate of drug-likeness (QED) is 0.613. The van der Waals surface area contributed by atoms with E-state index in [1.807, 2.05) is 13.8 Å². The average molecular weight is 160 g/mol. The summed E-state index contributed by atoms with van der Waals surface area (Å²) in [5.74, 6) is 0.600. The van der Waals surface area contributed by atoms with Crippen molar-refractivity contribution < 1.29 is 9.47 Å². The van der Waals surface area contributed by atoms with E-state index in [0.29, 0.717) is 12.5 Å². The molecule has 0 spiro atoms. The van der Waals surface area contributed by atoms with Crippen LogP contribution in [0.2, 0.25) is 0 Å². The van der Waals surface area contributed by atoms with Crippen LogP contribution < -0.4 is 0 Å². The van der Waals surface area contributed by atoms with Crippen LogP contribution >= 0.6 is 0 Å². The summed E-state index contributed by atoms with van der Waals surface area (Å²) >= 11 is 0. The molecule has 0 atom stereocenters. The summed E-state index contributed by atoms with van der Waals surface area (Å²) in [4.78, 5) is 0. The van der Waals surface area contributed by atoms with Gasteiger partial charge in [-0.25, -0.2) is 0 Å². The lowest BCUT2D eigenvalue weighted by atomic mass is 10.1. The molecule has 0 aliphatic rings. The molecule has 0 rings (SSSR count). The third kappa shape index (κ3) is 6.32. The molecule has 0 saturated heterocycles. The largest absolute Gasteiger partial charge is 0.378 e. The molecule has 68 valence electrons. The van der Waals surface area contributed by atoms with Crippen molar-refractivity contribution >= 4 is 0 Å². The van der Waals surface area contributed by atoms with Gasteiger partial charge in [-0.2, -0.15) is 0 Å². The summed E-state index contributed by atoms with van der Waals surface area (Å²) in [5.41, 5.74) is -0.144. The third-order valence-corrected chi connectivity index (χ3v) is 1.45. The zero-order valence-corrected chi connectivity index (χ0v) is 8.31. The van der Waals surface area contributed by atoms with E-state index in [9.17, 15) is 0 Å². The summed E-state index contributed by atoms with van der Waals surface area (Å²) in [6.45, 7) is 9.80. The summed E-state index contributed by atoms with van der Waals surface area (Å²) in [6.07, 6.45) is 0. The number of hydrogen-bond acceptors (Lipinski definition) is 2. The highest BCUT2D eigenvalue weighted by molar-refractivity contribution is 4.65. The summed E-state index contributed by atoms with van der Waals surface area (Å²) in [5, 5.41) is 0. The number of hydrogen-bond donors (Lipinski definition) is 0. The maximum absolute atomic E-state index is 5.43. The Hall–Kier alpha value is -0.0800. The first kappa shape index (κ1) is 10.9. The van der Waals surface area contributed by atoms with Gasteiger partial charge in [0.1, 0.15) is 0 Å². The molecule has 0 bridgehead atoms. The molecule has 0 aliphatic carbocycles. The topological polar surface area (TPSA) is 18.5 Å². The van der Waals surface area contributed by atoms with Gasteiger partial charge in [0.2, 0.25) is 0 Å². The monoisotopic (exact) mass is 160 g/mol. The van der Waals surface area contributed by atoms with Crippen LogP contribution in [0, 0.1) is 5.92 Å². The molecule has 2 heteroatoms. The van der Waals surface area contributed by atoms with E-state index in [-0.39, 0.29) is 5.60 Å². The predicted molar refractivity (Wildman–Crippen MR) is 46.7 cm³/mol. The van der Waals surface area contributed by atoms with Crippen molar-refractivity contribution in [1.82, 2.24) is 0 Å². The minimum atomic E-state index is -0.144. The summed E-state index contributed by atoms with van der Waals surface area (Å²) in [6, 6.07) is 0. The maximum atomic E-state index is 5.43. The Morgan fingerprint density at radius 1 is 1.27 bits per heavy atom. The maximum Gasteiger partial charge on any atom is 0.0855 e. The minimum Gasteiger partial charge on any atom is -0.378 e. The molecule has 0 unspecified atom stereocenters. The molecule has 0 heterocycles. The molecule has 11 heavy (non-hydrogen) atoms. The van der Waals surface area contributed by atoms with E-state index < -0.39 is 0 Å². The van der Waals surface area contributed by atoms with Crippen LogP contribution in [0.1, 0.15) is 27.7 Å². The lowest BCUT2D eigenvalue weighted by Crippen LogP contribution is -2.29. The van der Waals surface area contributed by atoms with E-state index >= 15 is 0 Å². The van der Waals surface area contributed by atoms with Gasteiger partial charge in [-0.05, 0) is 19.8 Å². The molecular weight excluding hydrogens is 140 g/mol. The van der Waals surface area contributed by atoms with Crippen molar-refractivity contribution in [2.45, 2.75) is 33.3 Å². The SMILES string of the molecule is COC(C)(C)COCC(C)C. The van der Waals surface area contributed by atoms with Gasteiger partial charge in [-0.1, -0.05) is 13.8 Å². The Morgan fingerprint density at radius 2 is 1.82 bits per heavy atom. The first-order chi connectivity index (χ1) is 4.98. The lowest BCUT2D eigenvalue weighted by Gasteiger charge is -2.22. The highest BCUT2D eigenvalue weighted by Gasteiger charge is 2.16. The predicted octanol–water partition coefficient (Wildman–Crippen LogP) is 2.08. The molecule has 0 aromatic carbocycles. The van der Waals surface area contributed by atoms with Crippen LogP contribution in [-0.4, -0.2) is 25.9 Å². The van der Waals surface area contributed by atoms with Crippen molar-refractivity contribution in [3.63, 3.8) is 0 Å². The van der Waals surface area contributed by atoms with E-state index in [2.05, 4.69) is 13.8 Å². The Balaban J connectivity index is 3.38. The van der Waals surface area contributed by atoms with E-state index in [4.69, 9.17) is 9.47 Å². The zero-order valence-electron chi connectivity index (χ0n) is 8.31. The van der Waals surface area contributed by atoms with Crippen LogP contribution in [0.5, 0.6) is 0 Å². The van der Waals surface area contributed by atoms with Gasteiger partial charge in [-0.15, -0.1) is 0 Å². The van der Waals surface area contributed by atoms with Gasteiger partial charge in [0.05, 0.1) is 12.2 Å². The van der Waals surface area contributed by atoms with Crippen LogP contribution in [-0.2, 0) is 9.47 Å². The molecule has 0 aliphatic heterocycles. The van der Waals surface area contributed by atoms with Gasteiger partial charge in [0.25, 0.3) is 0 Å². The van der Waals surface area contributed by atoms with Crippen molar-refractivity contribution in [3.8, 4) is 0 Å². The molecule has 0 aromatic heterocycles. The van der Waals surface area contributed by atoms with E-state index in [1.54, 1.807) is 7.11 Å². The molecule has 0 fully saturated rings. The molecule has 0 N–H and O–H groups in total. The van der Waals surface area contributed by atoms with Crippen LogP contribution in [0.4, 0.5) is 0 Å². The van der Waals surface area contributed by atoms with Crippen LogP contribution in [0.25, 0.3) is 0 Å². The highest BCUT2D eigenvalue weighted by Crippen LogP contribution is 2.08. The van der Waals surface area contributed by atoms with Crippen LogP contribution in [0.3, 0.4) is 0 Å². The fraction of sp³-hybridized carbons (Fsp3) is 1.00. The fourth-order valence-corrected chi connectivity index (χ4v) is 0.599. The van der Waals surface area contributed by atoms with Crippen molar-refractivity contribution in [2.24, 2.45) is 5.92 Å². The lowest BCUT2D eigenvalue weighted by molar-refractivity contribution is -0.0555. The van der Waals surface area contributed by atoms with Crippen molar-refractivity contribution in [3.05, 3.63) is 0 Å². The van der Waals surface area contributed by atoms with E-state index in [0.717, 1.165) is 6.61 Å². The Morgan fingerprint density at radius 3 is 2.18 bits per heavy atom. The second-order valence-corrected chi connectivity index (χ2v) is 3.87. The number of rotatable bonds is 5. The molecule has 2 nitrogen and oxygen atoms in total. The smallest absolute Gasteiger partial charge is 0.0855 e. The molecule has 0 aromatic rings.